The van der Waals surface area contributed by atoms with E-state index >= 15 is 0 Å². The predicted molar refractivity (Wildman–Crippen MR) is 117 cm³/mol. The Labute approximate surface area is 175 Å². The number of rotatable bonds is 7. The van der Waals surface area contributed by atoms with Crippen LogP contribution in [0.1, 0.15) is 25.2 Å². The van der Waals surface area contributed by atoms with Gasteiger partial charge in [0.1, 0.15) is 17.3 Å². The summed E-state index contributed by atoms with van der Waals surface area (Å²) >= 11 is 0. The topological polar surface area (TPSA) is 84.5 Å². The predicted octanol–water partition coefficient (Wildman–Crippen LogP) is 3.39. The Hall–Kier alpha value is -3.61. The Bertz CT molecular complexity index is 1130. The van der Waals surface area contributed by atoms with E-state index < -0.39 is 0 Å². The molecule has 30 heavy (non-hydrogen) atoms. The summed E-state index contributed by atoms with van der Waals surface area (Å²) < 4.78 is 10.6. The maximum atomic E-state index is 12.9. The number of carbonyl (C=O) groups is 1. The van der Waals surface area contributed by atoms with Crippen molar-refractivity contribution in [3.05, 3.63) is 70.3 Å². The average Bonchev–Trinajstić information content (AvgIpc) is 2.75. The second kappa shape index (κ2) is 9.26. The lowest BCUT2D eigenvalue weighted by atomic mass is 10.1. The molecule has 7 nitrogen and oxygen atoms in total. The second-order valence-electron chi connectivity index (χ2n) is 7.03. The molecule has 0 atom stereocenters. The number of H-pyrrole nitrogens is 1. The van der Waals surface area contributed by atoms with Gasteiger partial charge in [-0.2, -0.15) is 0 Å². The van der Waals surface area contributed by atoms with Crippen molar-refractivity contribution in [1.82, 2.24) is 14.9 Å². The molecule has 0 unspecified atom stereocenters. The van der Waals surface area contributed by atoms with Crippen LogP contribution in [0.25, 0.3) is 17.0 Å². The summed E-state index contributed by atoms with van der Waals surface area (Å²) in [5.74, 6) is 1.52. The molecule has 0 radical (unpaired) electrons. The highest BCUT2D eigenvalue weighted by molar-refractivity contribution is 5.92. The number of nitrogens with zero attached hydrogens (tertiary/aromatic N) is 2. The monoisotopic (exact) mass is 407 g/mol. The van der Waals surface area contributed by atoms with Crippen LogP contribution in [0.4, 0.5) is 0 Å². The van der Waals surface area contributed by atoms with Crippen LogP contribution in [0.2, 0.25) is 0 Å². The lowest BCUT2D eigenvalue weighted by Gasteiger charge is -2.25. The molecule has 0 aliphatic heterocycles. The Kier molecular flexibility index (Phi) is 6.51. The van der Waals surface area contributed by atoms with Crippen LogP contribution >= 0.6 is 0 Å². The summed E-state index contributed by atoms with van der Waals surface area (Å²) in [7, 11) is 3.15. The van der Waals surface area contributed by atoms with E-state index in [9.17, 15) is 9.59 Å². The Morgan fingerprint density at radius 2 is 1.93 bits per heavy atom. The molecule has 1 N–H and O–H groups in total. The van der Waals surface area contributed by atoms with E-state index in [0.717, 1.165) is 5.56 Å². The van der Waals surface area contributed by atoms with E-state index in [4.69, 9.17) is 9.47 Å². The number of hydrogen-bond donors (Lipinski definition) is 1. The van der Waals surface area contributed by atoms with Gasteiger partial charge in [-0.25, -0.2) is 4.98 Å². The van der Waals surface area contributed by atoms with Crippen LogP contribution in [0.15, 0.2) is 53.3 Å². The lowest BCUT2D eigenvalue weighted by molar-refractivity contribution is -0.128. The maximum Gasteiger partial charge on any atom is 0.258 e. The van der Waals surface area contributed by atoms with Crippen molar-refractivity contribution in [3.63, 3.8) is 0 Å². The number of aromatic nitrogens is 2. The third kappa shape index (κ3) is 4.68. The van der Waals surface area contributed by atoms with Crippen LogP contribution in [0.5, 0.6) is 11.5 Å². The molecule has 3 rings (SSSR count). The van der Waals surface area contributed by atoms with Gasteiger partial charge >= 0.3 is 0 Å². The van der Waals surface area contributed by atoms with Crippen molar-refractivity contribution in [2.75, 3.05) is 14.2 Å². The van der Waals surface area contributed by atoms with Gasteiger partial charge in [0, 0.05) is 23.7 Å². The fraction of sp³-hybridized carbons (Fsp3) is 0.261. The molecule has 1 aromatic heterocycles. The molecule has 0 spiro atoms. The number of fused-ring (bicyclic) bond motifs is 1. The fourth-order valence-electron chi connectivity index (χ4n) is 3.10. The van der Waals surface area contributed by atoms with Crippen molar-refractivity contribution >= 4 is 22.9 Å². The highest BCUT2D eigenvalue weighted by Gasteiger charge is 2.17. The van der Waals surface area contributed by atoms with Gasteiger partial charge < -0.3 is 19.4 Å². The Morgan fingerprint density at radius 3 is 2.63 bits per heavy atom. The number of carbonyl (C=O) groups excluding carboxylic acids is 1. The highest BCUT2D eigenvalue weighted by atomic mass is 16.5. The third-order valence-electron chi connectivity index (χ3n) is 4.73. The minimum absolute atomic E-state index is 0.0864. The van der Waals surface area contributed by atoms with Gasteiger partial charge in [-0.3, -0.25) is 9.59 Å². The molecule has 0 saturated heterocycles. The average molecular weight is 407 g/mol. The van der Waals surface area contributed by atoms with E-state index in [0.29, 0.717) is 28.2 Å². The summed E-state index contributed by atoms with van der Waals surface area (Å²) in [5.41, 5.74) is 1.14. The molecule has 1 heterocycles. The Balaban J connectivity index is 1.84. The zero-order chi connectivity index (χ0) is 21.7. The van der Waals surface area contributed by atoms with E-state index in [2.05, 4.69) is 9.97 Å². The lowest BCUT2D eigenvalue weighted by Crippen LogP contribution is -2.36. The minimum Gasteiger partial charge on any atom is -0.497 e. The van der Waals surface area contributed by atoms with Crippen LogP contribution in [0, 0.1) is 0 Å². The van der Waals surface area contributed by atoms with Gasteiger partial charge in [0.15, 0.2) is 0 Å². The summed E-state index contributed by atoms with van der Waals surface area (Å²) in [6, 6.07) is 12.4. The molecule has 0 aliphatic carbocycles. The second-order valence-corrected chi connectivity index (χ2v) is 7.03. The summed E-state index contributed by atoms with van der Waals surface area (Å²) in [6.45, 7) is 4.03. The molecule has 0 aliphatic rings. The number of hydrogen-bond acceptors (Lipinski definition) is 5. The molecule has 156 valence electrons. The maximum absolute atomic E-state index is 12.9. The first-order chi connectivity index (χ1) is 14.4. The molecule has 7 heteroatoms. The van der Waals surface area contributed by atoms with Crippen LogP contribution < -0.4 is 15.0 Å². The number of benzene rings is 2. The van der Waals surface area contributed by atoms with Crippen molar-refractivity contribution in [3.8, 4) is 11.5 Å². The number of para-hydroxylation sites is 1. The fourth-order valence-corrected chi connectivity index (χ4v) is 3.10. The van der Waals surface area contributed by atoms with Gasteiger partial charge in [-0.15, -0.1) is 0 Å². The molecule has 0 bridgehead atoms. The third-order valence-corrected chi connectivity index (χ3v) is 4.73. The van der Waals surface area contributed by atoms with Crippen molar-refractivity contribution in [1.29, 1.82) is 0 Å². The smallest absolute Gasteiger partial charge is 0.258 e. The van der Waals surface area contributed by atoms with Crippen LogP contribution in [-0.4, -0.2) is 41.0 Å². The van der Waals surface area contributed by atoms with E-state index in [1.165, 1.54) is 6.08 Å². The highest BCUT2D eigenvalue weighted by Crippen LogP contribution is 2.25. The molecular weight excluding hydrogens is 382 g/mol. The van der Waals surface area contributed by atoms with E-state index in [1.807, 2.05) is 26.0 Å². The zero-order valence-corrected chi connectivity index (χ0v) is 17.5. The van der Waals surface area contributed by atoms with Gasteiger partial charge in [0.05, 0.1) is 31.7 Å². The summed E-state index contributed by atoms with van der Waals surface area (Å²) in [6.07, 6.45) is 3.19. The van der Waals surface area contributed by atoms with Gasteiger partial charge in [0.2, 0.25) is 5.91 Å². The number of nitrogens with one attached hydrogen (secondary N) is 1. The van der Waals surface area contributed by atoms with E-state index in [-0.39, 0.29) is 24.1 Å². The molecule has 0 saturated carbocycles. The van der Waals surface area contributed by atoms with Crippen molar-refractivity contribution < 1.29 is 14.3 Å². The first-order valence-corrected chi connectivity index (χ1v) is 9.61. The SMILES string of the molecule is COc1ccc(C=CC(=O)N(Cc2nc3ccccc3c(=O)[nH]2)C(C)C)c(OC)c1. The van der Waals surface area contributed by atoms with Crippen molar-refractivity contribution in [2.45, 2.75) is 26.4 Å². The summed E-state index contributed by atoms with van der Waals surface area (Å²) in [5, 5.41) is 0.523. The van der Waals surface area contributed by atoms with Gasteiger partial charge in [0.25, 0.3) is 5.56 Å². The molecule has 3 aromatic rings. The number of ether oxygens (including phenoxy) is 2. The quantitative estimate of drug-likeness (QED) is 0.607. The normalized spacial score (nSPS) is 11.2. The number of methoxy groups -OCH3 is 2. The standard InChI is InChI=1S/C23H25N3O4/c1-15(2)26(14-21-24-19-8-6-5-7-18(19)23(28)25-21)22(27)12-10-16-9-11-17(29-3)13-20(16)30-4/h5-13,15H,14H2,1-4H3,(H,24,25,28). The first kappa shape index (κ1) is 21.1. The summed E-state index contributed by atoms with van der Waals surface area (Å²) in [4.78, 5) is 34.1. The van der Waals surface area contributed by atoms with Crippen LogP contribution in [0.3, 0.4) is 0 Å². The molecule has 1 amide bonds. The number of amides is 1. The Morgan fingerprint density at radius 1 is 1.17 bits per heavy atom. The molecule has 0 fully saturated rings. The van der Waals surface area contributed by atoms with Gasteiger partial charge in [-0.1, -0.05) is 12.1 Å². The van der Waals surface area contributed by atoms with Crippen LogP contribution in [-0.2, 0) is 11.3 Å². The largest absolute Gasteiger partial charge is 0.497 e. The zero-order valence-electron chi connectivity index (χ0n) is 17.5. The minimum atomic E-state index is -0.217. The first-order valence-electron chi connectivity index (χ1n) is 9.61. The molecular formula is C23H25N3O4. The number of aromatic amines is 1. The van der Waals surface area contributed by atoms with Gasteiger partial charge in [-0.05, 0) is 44.2 Å². The van der Waals surface area contributed by atoms with E-state index in [1.54, 1.807) is 55.5 Å². The molecule has 2 aromatic carbocycles. The van der Waals surface area contributed by atoms with Crippen molar-refractivity contribution in [2.24, 2.45) is 0 Å².